The maximum absolute atomic E-state index is 12.7. The first-order chi connectivity index (χ1) is 17.0. The van der Waals surface area contributed by atoms with Gasteiger partial charge in [0.25, 0.3) is 0 Å². The van der Waals surface area contributed by atoms with Gasteiger partial charge in [0.15, 0.2) is 5.76 Å². The van der Waals surface area contributed by atoms with Gasteiger partial charge in [-0.15, -0.1) is 0 Å². The van der Waals surface area contributed by atoms with Crippen molar-refractivity contribution in [1.29, 1.82) is 0 Å². The minimum Gasteiger partial charge on any atom is -0.465 e. The predicted octanol–water partition coefficient (Wildman–Crippen LogP) is 4.82. The maximum Gasteiger partial charge on any atom is 0.320 e. The Kier molecular flexibility index (Phi) is 7.12. The van der Waals surface area contributed by atoms with Crippen LogP contribution >= 0.6 is 19.9 Å². The predicted molar refractivity (Wildman–Crippen MR) is 130 cm³/mol. The molecule has 2 fully saturated rings. The molecule has 4 atom stereocenters. The lowest BCUT2D eigenvalue weighted by molar-refractivity contribution is -0.144. The summed E-state index contributed by atoms with van der Waals surface area (Å²) < 4.78 is 37.2. The number of esters is 1. The molecule has 10 heteroatoms. The van der Waals surface area contributed by atoms with E-state index in [9.17, 15) is 4.79 Å². The zero-order valence-corrected chi connectivity index (χ0v) is 20.9. The zero-order chi connectivity index (χ0) is 24.4. The molecule has 184 valence electrons. The van der Waals surface area contributed by atoms with Crippen molar-refractivity contribution in [1.82, 2.24) is 4.67 Å². The van der Waals surface area contributed by atoms with Crippen molar-refractivity contribution in [3.63, 3.8) is 0 Å². The Labute approximate surface area is 209 Å². The number of ether oxygens (including phenoxy) is 4. The highest BCUT2D eigenvalue weighted by Gasteiger charge is 2.71. The summed E-state index contributed by atoms with van der Waals surface area (Å²) in [4.78, 5) is 12.7. The lowest BCUT2D eigenvalue weighted by atomic mass is 10.1. The molecule has 2 aromatic carbocycles. The van der Waals surface area contributed by atoms with E-state index in [2.05, 4.69) is 0 Å². The average Bonchev–Trinajstić information content (AvgIpc) is 3.38. The zero-order valence-electron chi connectivity index (χ0n) is 19.3. The van der Waals surface area contributed by atoms with Crippen molar-refractivity contribution in [2.75, 3.05) is 26.9 Å². The number of halogens is 1. The first-order valence-corrected chi connectivity index (χ1v) is 12.8. The third-order valence-electron chi connectivity index (χ3n) is 5.80. The van der Waals surface area contributed by atoms with Crippen LogP contribution in [0.1, 0.15) is 12.7 Å². The van der Waals surface area contributed by atoms with Crippen molar-refractivity contribution < 1.29 is 32.7 Å². The Morgan fingerprint density at radius 1 is 1.14 bits per heavy atom. The van der Waals surface area contributed by atoms with Crippen LogP contribution < -0.4 is 10.0 Å². The van der Waals surface area contributed by atoms with Crippen molar-refractivity contribution >= 4 is 31.2 Å². The van der Waals surface area contributed by atoms with E-state index in [-0.39, 0.29) is 31.3 Å². The van der Waals surface area contributed by atoms with Crippen LogP contribution in [0.2, 0.25) is 5.02 Å². The topological polar surface area (TPSA) is 82.9 Å². The molecule has 3 aromatic rings. The van der Waals surface area contributed by atoms with Crippen LogP contribution in [0, 0.1) is 0 Å². The standard InChI is InChI=1S/C25H25ClNO7P/c1-3-30-23(28)15-27-25(22-5-4-14-31-22)24(34-25)21(29-2)16-32-35(27)20-12-10-19(11-13-20)33-18-8-6-17(26)7-9-18/h4-14,21,24H,3,15-16H2,1-2H3. The molecule has 2 aliphatic heterocycles. The smallest absolute Gasteiger partial charge is 0.320 e. The second kappa shape index (κ2) is 10.3. The first kappa shape index (κ1) is 24.3. The monoisotopic (exact) mass is 517 g/mol. The van der Waals surface area contributed by atoms with Gasteiger partial charge in [-0.25, -0.2) is 4.67 Å². The van der Waals surface area contributed by atoms with Gasteiger partial charge in [0, 0.05) is 17.4 Å². The fraction of sp³-hybridized carbons (Fsp3) is 0.320. The molecule has 0 saturated carbocycles. The third kappa shape index (κ3) is 4.83. The molecule has 2 aliphatic rings. The SMILES string of the molecule is CCOC(=O)CN1P(c2ccc(Oc3ccc(Cl)cc3)cc2)OCC(OC)C2OC21c1ccco1. The minimum atomic E-state index is -1.46. The lowest BCUT2D eigenvalue weighted by Gasteiger charge is -2.32. The van der Waals surface area contributed by atoms with Crippen LogP contribution in [0.4, 0.5) is 0 Å². The molecule has 35 heavy (non-hydrogen) atoms. The van der Waals surface area contributed by atoms with Crippen molar-refractivity contribution in [3.05, 3.63) is 77.7 Å². The van der Waals surface area contributed by atoms with Gasteiger partial charge in [-0.05, 0) is 67.6 Å². The molecule has 0 amide bonds. The highest BCUT2D eigenvalue weighted by Crippen LogP contribution is 2.62. The van der Waals surface area contributed by atoms with Crippen LogP contribution in [-0.2, 0) is 29.3 Å². The molecule has 0 bridgehead atoms. The second-order valence-electron chi connectivity index (χ2n) is 7.97. The Morgan fingerprint density at radius 3 is 2.49 bits per heavy atom. The number of rotatable bonds is 8. The maximum atomic E-state index is 12.7. The summed E-state index contributed by atoms with van der Waals surface area (Å²) in [6.07, 6.45) is 0.905. The number of benzene rings is 2. The van der Waals surface area contributed by atoms with Crippen LogP contribution in [0.15, 0.2) is 71.3 Å². The van der Waals surface area contributed by atoms with Crippen LogP contribution in [-0.4, -0.2) is 49.7 Å². The lowest BCUT2D eigenvalue weighted by Crippen LogP contribution is -2.41. The Balaban J connectivity index is 1.47. The first-order valence-electron chi connectivity index (χ1n) is 11.2. The van der Waals surface area contributed by atoms with Gasteiger partial charge in [0.05, 0.1) is 19.5 Å². The highest BCUT2D eigenvalue weighted by molar-refractivity contribution is 7.58. The molecule has 0 aliphatic carbocycles. The fourth-order valence-electron chi connectivity index (χ4n) is 4.14. The van der Waals surface area contributed by atoms with E-state index in [0.717, 1.165) is 5.30 Å². The molecule has 0 N–H and O–H groups in total. The summed E-state index contributed by atoms with van der Waals surface area (Å²) in [7, 11) is 0.155. The Bertz CT molecular complexity index is 1140. The number of hydrogen-bond acceptors (Lipinski definition) is 8. The van der Waals surface area contributed by atoms with E-state index in [1.807, 2.05) is 35.0 Å². The molecule has 0 radical (unpaired) electrons. The summed E-state index contributed by atoms with van der Waals surface area (Å²) in [6, 6.07) is 18.4. The fourth-order valence-corrected chi connectivity index (χ4v) is 6.29. The second-order valence-corrected chi connectivity index (χ2v) is 10.2. The third-order valence-corrected chi connectivity index (χ3v) is 8.07. The molecule has 8 nitrogen and oxygen atoms in total. The quantitative estimate of drug-likeness (QED) is 0.239. The molecule has 3 heterocycles. The highest BCUT2D eigenvalue weighted by atomic mass is 35.5. The Hall–Kier alpha value is -2.45. The van der Waals surface area contributed by atoms with Gasteiger partial charge >= 0.3 is 5.97 Å². The van der Waals surface area contributed by atoms with Gasteiger partial charge in [-0.3, -0.25) is 4.79 Å². The molecule has 2 saturated heterocycles. The van der Waals surface area contributed by atoms with Gasteiger partial charge in [-0.2, -0.15) is 0 Å². The molecule has 4 unspecified atom stereocenters. The number of fused-ring (bicyclic) bond motifs is 1. The van der Waals surface area contributed by atoms with E-state index in [1.54, 1.807) is 50.6 Å². The Morgan fingerprint density at radius 2 is 1.86 bits per heavy atom. The van der Waals surface area contributed by atoms with E-state index in [4.69, 9.17) is 39.5 Å². The molecular formula is C25H25ClNO7P. The van der Waals surface area contributed by atoms with Gasteiger partial charge in [0.1, 0.15) is 38.6 Å². The largest absolute Gasteiger partial charge is 0.465 e. The number of hydrogen-bond donors (Lipinski definition) is 0. The van der Waals surface area contributed by atoms with Crippen molar-refractivity contribution in [2.45, 2.75) is 24.9 Å². The van der Waals surface area contributed by atoms with Gasteiger partial charge < -0.3 is 27.9 Å². The minimum absolute atomic E-state index is 0.0315. The van der Waals surface area contributed by atoms with E-state index >= 15 is 0 Å². The molecule has 1 aromatic heterocycles. The van der Waals surface area contributed by atoms with Gasteiger partial charge in [-0.1, -0.05) is 11.6 Å². The summed E-state index contributed by atoms with van der Waals surface area (Å²) >= 11 is 5.96. The van der Waals surface area contributed by atoms with Crippen LogP contribution in [0.3, 0.4) is 0 Å². The van der Waals surface area contributed by atoms with Crippen molar-refractivity contribution in [2.24, 2.45) is 0 Å². The summed E-state index contributed by atoms with van der Waals surface area (Å²) in [6.45, 7) is 2.33. The summed E-state index contributed by atoms with van der Waals surface area (Å²) in [5.74, 6) is 1.56. The normalized spacial score (nSPS) is 26.0. The van der Waals surface area contributed by atoms with E-state index < -0.39 is 14.0 Å². The van der Waals surface area contributed by atoms with Crippen molar-refractivity contribution in [3.8, 4) is 11.5 Å². The summed E-state index contributed by atoms with van der Waals surface area (Å²) in [5, 5.41) is 1.52. The molecule has 5 rings (SSSR count). The number of furan rings is 1. The number of methoxy groups -OCH3 is 1. The average molecular weight is 518 g/mol. The van der Waals surface area contributed by atoms with E-state index in [0.29, 0.717) is 28.9 Å². The van der Waals surface area contributed by atoms with Crippen LogP contribution in [0.5, 0.6) is 11.5 Å². The number of carbonyl (C=O) groups excluding carboxylic acids is 1. The number of epoxide rings is 1. The molecular weight excluding hydrogens is 493 g/mol. The van der Waals surface area contributed by atoms with E-state index in [1.165, 1.54) is 0 Å². The van der Waals surface area contributed by atoms with Gasteiger partial charge in [0.2, 0.25) is 5.72 Å². The molecule has 0 spiro atoms. The number of nitrogens with zero attached hydrogens (tertiary/aromatic N) is 1. The van der Waals surface area contributed by atoms with Crippen LogP contribution in [0.25, 0.3) is 0 Å². The summed E-state index contributed by atoms with van der Waals surface area (Å²) in [5.41, 5.74) is -0.988. The number of carbonyl (C=O) groups is 1.